The first-order chi connectivity index (χ1) is 9.38. The van der Waals surface area contributed by atoms with E-state index >= 15 is 0 Å². The summed E-state index contributed by atoms with van der Waals surface area (Å²) >= 11 is 0. The van der Waals surface area contributed by atoms with Crippen LogP contribution < -0.4 is 10.6 Å². The van der Waals surface area contributed by atoms with E-state index in [-0.39, 0.29) is 11.1 Å². The monoisotopic (exact) mass is 280 g/mol. The average Bonchev–Trinajstić information content (AvgIpc) is 2.43. The minimum Gasteiger partial charge on any atom is -0.370 e. The van der Waals surface area contributed by atoms with Crippen molar-refractivity contribution in [1.82, 2.24) is 4.98 Å². The molecule has 0 aliphatic heterocycles. The van der Waals surface area contributed by atoms with Crippen molar-refractivity contribution in [3.63, 3.8) is 0 Å². The fraction of sp³-hybridized carbons (Fsp3) is 0.643. The van der Waals surface area contributed by atoms with E-state index in [0.717, 1.165) is 25.9 Å². The van der Waals surface area contributed by atoms with Gasteiger partial charge in [0.05, 0.1) is 17.1 Å². The molecular weight excluding hydrogens is 256 g/mol. The lowest BCUT2D eigenvalue weighted by molar-refractivity contribution is -0.384. The fourth-order valence-corrected chi connectivity index (χ4v) is 1.51. The van der Waals surface area contributed by atoms with Gasteiger partial charge in [-0.25, -0.2) is 4.98 Å². The number of rotatable bonds is 8. The molecule has 1 aromatic heterocycles. The van der Waals surface area contributed by atoms with Gasteiger partial charge in [0.25, 0.3) is 5.69 Å². The zero-order valence-electron chi connectivity index (χ0n) is 12.7. The number of hydrogen-bond donors (Lipinski definition) is 2. The summed E-state index contributed by atoms with van der Waals surface area (Å²) < 4.78 is 0. The molecular formula is C14H24N4O2. The fourth-order valence-electron chi connectivity index (χ4n) is 1.51. The van der Waals surface area contributed by atoms with Gasteiger partial charge >= 0.3 is 0 Å². The Bertz CT molecular complexity index is 460. The van der Waals surface area contributed by atoms with Crippen molar-refractivity contribution in [2.75, 3.05) is 23.7 Å². The maximum atomic E-state index is 11.0. The van der Waals surface area contributed by atoms with Gasteiger partial charge in [-0.2, -0.15) is 0 Å². The van der Waals surface area contributed by atoms with Gasteiger partial charge in [-0.3, -0.25) is 10.1 Å². The number of nitrogens with one attached hydrogen (secondary N) is 2. The van der Waals surface area contributed by atoms with Gasteiger partial charge in [-0.05, 0) is 18.3 Å². The molecule has 0 aliphatic rings. The molecule has 0 fully saturated rings. The molecule has 2 N–H and O–H groups in total. The summed E-state index contributed by atoms with van der Waals surface area (Å²) in [5, 5.41) is 17.2. The van der Waals surface area contributed by atoms with E-state index in [2.05, 4.69) is 36.4 Å². The summed E-state index contributed by atoms with van der Waals surface area (Å²) in [6, 6.07) is 2.94. The van der Waals surface area contributed by atoms with E-state index in [1.807, 2.05) is 6.92 Å². The van der Waals surface area contributed by atoms with Crippen LogP contribution in [0, 0.1) is 15.5 Å². The lowest BCUT2D eigenvalue weighted by atomic mass is 9.90. The number of aromatic nitrogens is 1. The highest BCUT2D eigenvalue weighted by atomic mass is 16.6. The van der Waals surface area contributed by atoms with Gasteiger partial charge < -0.3 is 10.6 Å². The van der Waals surface area contributed by atoms with Crippen molar-refractivity contribution in [3.05, 3.63) is 22.2 Å². The lowest BCUT2D eigenvalue weighted by Gasteiger charge is -2.23. The second-order valence-corrected chi connectivity index (χ2v) is 5.65. The SMILES string of the molecule is CCCNc1cc([N+](=O)[O-])cc(NCC(C)(C)CC)n1. The summed E-state index contributed by atoms with van der Waals surface area (Å²) in [6.45, 7) is 9.92. The quantitative estimate of drug-likeness (QED) is 0.561. The van der Waals surface area contributed by atoms with Gasteiger partial charge in [-0.15, -0.1) is 0 Å². The first-order valence-electron chi connectivity index (χ1n) is 7.02. The van der Waals surface area contributed by atoms with E-state index < -0.39 is 4.92 Å². The Kier molecular flexibility index (Phi) is 5.73. The number of hydrogen-bond acceptors (Lipinski definition) is 5. The zero-order valence-corrected chi connectivity index (χ0v) is 12.7. The summed E-state index contributed by atoms with van der Waals surface area (Å²) in [6.07, 6.45) is 1.96. The molecule has 1 aromatic rings. The molecule has 1 heterocycles. The molecule has 0 aliphatic carbocycles. The lowest BCUT2D eigenvalue weighted by Crippen LogP contribution is -2.22. The molecule has 112 valence electrons. The third-order valence-corrected chi connectivity index (χ3v) is 3.28. The normalized spacial score (nSPS) is 11.2. The van der Waals surface area contributed by atoms with Crippen molar-refractivity contribution in [1.29, 1.82) is 0 Å². The smallest absolute Gasteiger partial charge is 0.276 e. The summed E-state index contributed by atoms with van der Waals surface area (Å²) in [7, 11) is 0. The maximum absolute atomic E-state index is 11.0. The molecule has 20 heavy (non-hydrogen) atoms. The van der Waals surface area contributed by atoms with E-state index in [9.17, 15) is 10.1 Å². The van der Waals surface area contributed by atoms with Crippen molar-refractivity contribution in [2.24, 2.45) is 5.41 Å². The molecule has 0 spiro atoms. The van der Waals surface area contributed by atoms with Crippen LogP contribution in [0.4, 0.5) is 17.3 Å². The van der Waals surface area contributed by atoms with Gasteiger partial charge in [0.15, 0.2) is 0 Å². The second-order valence-electron chi connectivity index (χ2n) is 5.65. The predicted octanol–water partition coefficient (Wildman–Crippen LogP) is 3.66. The minimum atomic E-state index is -0.394. The molecule has 6 heteroatoms. The second kappa shape index (κ2) is 7.07. The van der Waals surface area contributed by atoms with E-state index in [1.165, 1.54) is 12.1 Å². The van der Waals surface area contributed by atoms with Gasteiger partial charge in [-0.1, -0.05) is 27.7 Å². The topological polar surface area (TPSA) is 80.1 Å². The largest absolute Gasteiger partial charge is 0.370 e. The average molecular weight is 280 g/mol. The maximum Gasteiger partial charge on any atom is 0.276 e. The van der Waals surface area contributed by atoms with Crippen molar-refractivity contribution < 1.29 is 4.92 Å². The van der Waals surface area contributed by atoms with E-state index in [1.54, 1.807) is 0 Å². The third kappa shape index (κ3) is 5.03. The van der Waals surface area contributed by atoms with Crippen molar-refractivity contribution in [3.8, 4) is 0 Å². The Hall–Kier alpha value is -1.85. The summed E-state index contributed by atoms with van der Waals surface area (Å²) in [5.41, 5.74) is 0.180. The van der Waals surface area contributed by atoms with Crippen LogP contribution in [0.25, 0.3) is 0 Å². The van der Waals surface area contributed by atoms with E-state index in [0.29, 0.717) is 11.6 Å². The van der Waals surface area contributed by atoms with Crippen LogP contribution in [0.3, 0.4) is 0 Å². The molecule has 0 amide bonds. The zero-order chi connectivity index (χ0) is 15.2. The Balaban J connectivity index is 2.88. The molecule has 0 unspecified atom stereocenters. The first-order valence-corrected chi connectivity index (χ1v) is 7.02. The van der Waals surface area contributed by atoms with E-state index in [4.69, 9.17) is 0 Å². The summed E-state index contributed by atoms with van der Waals surface area (Å²) in [4.78, 5) is 14.9. The molecule has 6 nitrogen and oxygen atoms in total. The Morgan fingerprint density at radius 3 is 2.35 bits per heavy atom. The number of pyridine rings is 1. The Morgan fingerprint density at radius 2 is 1.85 bits per heavy atom. The van der Waals surface area contributed by atoms with Crippen LogP contribution in [-0.2, 0) is 0 Å². The van der Waals surface area contributed by atoms with Crippen molar-refractivity contribution in [2.45, 2.75) is 40.5 Å². The van der Waals surface area contributed by atoms with Crippen LogP contribution in [0.15, 0.2) is 12.1 Å². The molecule has 0 radical (unpaired) electrons. The van der Waals surface area contributed by atoms with Crippen LogP contribution in [0.1, 0.15) is 40.5 Å². The molecule has 0 saturated carbocycles. The highest BCUT2D eigenvalue weighted by Gasteiger charge is 2.16. The molecule has 1 rings (SSSR count). The van der Waals surface area contributed by atoms with Crippen LogP contribution in [0.2, 0.25) is 0 Å². The Morgan fingerprint density at radius 1 is 1.25 bits per heavy atom. The minimum absolute atomic E-state index is 0.0513. The molecule has 0 aromatic carbocycles. The highest BCUT2D eigenvalue weighted by Crippen LogP contribution is 2.24. The third-order valence-electron chi connectivity index (χ3n) is 3.28. The Labute approximate surface area is 120 Å². The van der Waals surface area contributed by atoms with Crippen LogP contribution >= 0.6 is 0 Å². The number of nitro groups is 1. The van der Waals surface area contributed by atoms with Crippen LogP contribution in [0.5, 0.6) is 0 Å². The van der Waals surface area contributed by atoms with Gasteiger partial charge in [0.2, 0.25) is 0 Å². The van der Waals surface area contributed by atoms with Crippen LogP contribution in [-0.4, -0.2) is 23.0 Å². The molecule has 0 bridgehead atoms. The first kappa shape index (κ1) is 16.2. The highest BCUT2D eigenvalue weighted by molar-refractivity contribution is 5.54. The van der Waals surface area contributed by atoms with Crippen molar-refractivity contribution >= 4 is 17.3 Å². The number of anilines is 2. The van der Waals surface area contributed by atoms with Gasteiger partial charge in [0, 0.05) is 13.1 Å². The molecule has 0 saturated heterocycles. The predicted molar refractivity (Wildman–Crippen MR) is 82.2 cm³/mol. The number of nitrogens with zero attached hydrogens (tertiary/aromatic N) is 2. The van der Waals surface area contributed by atoms with Gasteiger partial charge in [0.1, 0.15) is 11.6 Å². The standard InChI is InChI=1S/C14H24N4O2/c1-5-7-15-12-8-11(18(19)20)9-13(17-12)16-10-14(3,4)6-2/h8-9H,5-7,10H2,1-4H3,(H2,15,16,17). The molecule has 0 atom stereocenters. The summed E-state index contributed by atoms with van der Waals surface area (Å²) in [5.74, 6) is 1.08.